The summed E-state index contributed by atoms with van der Waals surface area (Å²) in [6.07, 6.45) is 0.640. The van der Waals surface area contributed by atoms with E-state index in [-0.39, 0.29) is 36.1 Å². The van der Waals surface area contributed by atoms with Gasteiger partial charge in [0.05, 0.1) is 6.04 Å². The Morgan fingerprint density at radius 3 is 1.95 bits per heavy atom. The third-order valence-corrected chi connectivity index (χ3v) is 7.14. The van der Waals surface area contributed by atoms with Crippen molar-refractivity contribution in [3.05, 3.63) is 106 Å². The summed E-state index contributed by atoms with van der Waals surface area (Å²) in [4.78, 5) is 27.6. The monoisotopic (exact) mass is 525 g/mol. The van der Waals surface area contributed by atoms with E-state index in [1.807, 2.05) is 31.3 Å². The van der Waals surface area contributed by atoms with E-state index in [1.54, 1.807) is 29.2 Å². The minimum atomic E-state index is -3.34. The summed E-state index contributed by atoms with van der Waals surface area (Å²) in [7, 11) is 1.82. The molecule has 1 N–H and O–H groups in total. The first kappa shape index (κ1) is 27.0. The van der Waals surface area contributed by atoms with Crippen LogP contribution in [0.2, 0.25) is 5.02 Å². The van der Waals surface area contributed by atoms with E-state index in [4.69, 9.17) is 11.6 Å². The van der Waals surface area contributed by atoms with Crippen LogP contribution in [0.5, 0.6) is 0 Å². The molecule has 0 bridgehead atoms. The number of halogens is 3. The van der Waals surface area contributed by atoms with Crippen molar-refractivity contribution in [2.24, 2.45) is 5.92 Å². The second kappa shape index (κ2) is 11.1. The van der Waals surface area contributed by atoms with E-state index in [0.29, 0.717) is 22.1 Å². The fourth-order valence-electron chi connectivity index (χ4n) is 4.58. The van der Waals surface area contributed by atoms with Gasteiger partial charge in [0.2, 0.25) is 0 Å². The lowest BCUT2D eigenvalue weighted by Crippen LogP contribution is -2.32. The highest BCUT2D eigenvalue weighted by Gasteiger charge is 2.38. The number of carbonyl (C=O) groups excluding carboxylic acids is 2. The van der Waals surface area contributed by atoms with Crippen LogP contribution in [-0.2, 0) is 23.6 Å². The highest BCUT2D eigenvalue weighted by Crippen LogP contribution is 2.44. The molecule has 2 atom stereocenters. The highest BCUT2D eigenvalue weighted by atomic mass is 35.5. The van der Waals surface area contributed by atoms with Gasteiger partial charge in [-0.05, 0) is 66.6 Å². The minimum absolute atomic E-state index is 0.0158. The van der Waals surface area contributed by atoms with Crippen molar-refractivity contribution >= 4 is 23.3 Å². The number of ketones is 1. The number of nitrogens with zero attached hydrogens (tertiary/aromatic N) is 1. The molecular formula is C30H30ClF2NO3. The van der Waals surface area contributed by atoms with Crippen LogP contribution in [-0.4, -0.2) is 34.8 Å². The molecule has 0 aromatic heterocycles. The lowest BCUT2D eigenvalue weighted by Gasteiger charge is -2.29. The molecule has 0 saturated heterocycles. The van der Waals surface area contributed by atoms with Crippen LogP contribution in [0.25, 0.3) is 0 Å². The fraction of sp³-hybridized carbons (Fsp3) is 0.333. The Labute approximate surface area is 220 Å². The molecule has 1 amide bonds. The third kappa shape index (κ3) is 6.43. The molecule has 0 heterocycles. The van der Waals surface area contributed by atoms with Gasteiger partial charge in [-0.3, -0.25) is 9.59 Å². The molecule has 1 aliphatic rings. The van der Waals surface area contributed by atoms with Gasteiger partial charge in [-0.25, -0.2) is 0 Å². The van der Waals surface area contributed by atoms with Crippen molar-refractivity contribution < 1.29 is 23.5 Å². The minimum Gasteiger partial charge on any atom is -0.387 e. The molecule has 37 heavy (non-hydrogen) atoms. The van der Waals surface area contributed by atoms with Gasteiger partial charge >= 0.3 is 0 Å². The predicted octanol–water partition coefficient (Wildman–Crippen LogP) is 6.39. The second-order valence-electron chi connectivity index (χ2n) is 9.83. The third-order valence-electron chi connectivity index (χ3n) is 6.88. The number of hydrogen-bond acceptors (Lipinski definition) is 3. The van der Waals surface area contributed by atoms with Crippen LogP contribution in [0.15, 0.2) is 72.8 Å². The predicted molar refractivity (Wildman–Crippen MR) is 140 cm³/mol. The lowest BCUT2D eigenvalue weighted by atomic mass is 9.98. The molecule has 0 radical (unpaired) electrons. The largest absolute Gasteiger partial charge is 0.387 e. The van der Waals surface area contributed by atoms with E-state index >= 15 is 0 Å². The number of amides is 1. The van der Waals surface area contributed by atoms with Gasteiger partial charge in [0.25, 0.3) is 11.8 Å². The highest BCUT2D eigenvalue weighted by molar-refractivity contribution is 6.30. The van der Waals surface area contributed by atoms with Crippen molar-refractivity contribution in [3.8, 4) is 0 Å². The molecule has 3 aromatic carbocycles. The van der Waals surface area contributed by atoms with Crippen molar-refractivity contribution in [2.45, 2.75) is 50.7 Å². The number of aliphatic hydroxyl groups is 1. The first-order chi connectivity index (χ1) is 17.6. The Bertz CT molecular complexity index is 1240. The number of rotatable bonds is 10. The van der Waals surface area contributed by atoms with Crippen LogP contribution in [0.3, 0.4) is 0 Å². The maximum absolute atomic E-state index is 13.9. The Morgan fingerprint density at radius 1 is 0.946 bits per heavy atom. The van der Waals surface area contributed by atoms with Crippen molar-refractivity contribution in [1.29, 1.82) is 0 Å². The number of hydrogen-bond donors (Lipinski definition) is 1. The van der Waals surface area contributed by atoms with Crippen LogP contribution in [0, 0.1) is 5.92 Å². The summed E-state index contributed by atoms with van der Waals surface area (Å²) in [5.74, 6) is -3.07. The summed E-state index contributed by atoms with van der Waals surface area (Å²) >= 11 is 6.04. The average molecular weight is 526 g/mol. The molecule has 0 spiro atoms. The first-order valence-corrected chi connectivity index (χ1v) is 12.7. The Kier molecular flexibility index (Phi) is 8.10. The van der Waals surface area contributed by atoms with Gasteiger partial charge in [0, 0.05) is 36.0 Å². The topological polar surface area (TPSA) is 57.6 Å². The normalized spacial score (nSPS) is 15.2. The van der Waals surface area contributed by atoms with Crippen LogP contribution in [0.4, 0.5) is 8.78 Å². The molecule has 1 saturated carbocycles. The summed E-state index contributed by atoms with van der Waals surface area (Å²) < 4.78 is 27.9. The van der Waals surface area contributed by atoms with Gasteiger partial charge in [-0.15, -0.1) is 0 Å². The fourth-order valence-corrected chi connectivity index (χ4v) is 4.71. The molecule has 1 fully saturated rings. The number of alkyl halides is 2. The zero-order valence-corrected chi connectivity index (χ0v) is 21.6. The van der Waals surface area contributed by atoms with Gasteiger partial charge in [-0.2, -0.15) is 8.78 Å². The van der Waals surface area contributed by atoms with Crippen LogP contribution >= 0.6 is 11.6 Å². The average Bonchev–Trinajstić information content (AvgIpc) is 3.70. The first-order valence-electron chi connectivity index (χ1n) is 12.3. The van der Waals surface area contributed by atoms with Gasteiger partial charge < -0.3 is 10.0 Å². The van der Waals surface area contributed by atoms with Gasteiger partial charge in [-0.1, -0.05) is 60.1 Å². The molecule has 4 nitrogen and oxygen atoms in total. The molecule has 7 heteroatoms. The van der Waals surface area contributed by atoms with E-state index in [0.717, 1.165) is 30.9 Å². The molecule has 1 aliphatic carbocycles. The Balaban J connectivity index is 1.37. The molecular weight excluding hydrogens is 496 g/mol. The summed E-state index contributed by atoms with van der Waals surface area (Å²) in [5.41, 5.74) is 2.72. The summed E-state index contributed by atoms with van der Waals surface area (Å²) in [5, 5.41) is 9.94. The van der Waals surface area contributed by atoms with Crippen molar-refractivity contribution in [2.75, 3.05) is 7.05 Å². The SMILES string of the molecule is CC(O)C(F)(F)c1ccc(CC(=O)Cc2ccc(C(=O)N(C)[C@@H](c3ccc(Cl)cc3)C3CC3)cc2)cc1. The van der Waals surface area contributed by atoms with Gasteiger partial charge in [0.15, 0.2) is 0 Å². The Morgan fingerprint density at radius 2 is 1.46 bits per heavy atom. The maximum Gasteiger partial charge on any atom is 0.298 e. The smallest absolute Gasteiger partial charge is 0.298 e. The molecule has 4 rings (SSSR count). The standard InChI is InChI=1S/C30H30ClF2NO3/c1-19(35)30(32,33)25-13-5-21(6-14-25)18-27(36)17-20-3-7-24(8-4-20)29(37)34(2)28(22-9-10-22)23-11-15-26(31)16-12-23/h3-8,11-16,19,22,28,35H,9-10,17-18H2,1-2H3/t19?,28-/m1/s1. The van der Waals surface area contributed by atoms with E-state index < -0.39 is 12.0 Å². The molecule has 194 valence electrons. The molecule has 1 unspecified atom stereocenters. The van der Waals surface area contributed by atoms with Gasteiger partial charge in [0.1, 0.15) is 11.9 Å². The Hall–Kier alpha value is -3.09. The van der Waals surface area contributed by atoms with Crippen LogP contribution < -0.4 is 0 Å². The molecule has 3 aromatic rings. The quantitative estimate of drug-likeness (QED) is 0.333. The van der Waals surface area contributed by atoms with Crippen molar-refractivity contribution in [1.82, 2.24) is 4.90 Å². The maximum atomic E-state index is 13.9. The van der Waals surface area contributed by atoms with Crippen LogP contribution in [0.1, 0.15) is 58.4 Å². The van der Waals surface area contributed by atoms with E-state index in [2.05, 4.69) is 0 Å². The number of benzene rings is 3. The zero-order valence-electron chi connectivity index (χ0n) is 20.8. The summed E-state index contributed by atoms with van der Waals surface area (Å²) in [6.45, 7) is 1.04. The number of Topliss-reactive ketones (excluding diaryl/α,β-unsaturated/α-hetero) is 1. The second-order valence-corrected chi connectivity index (χ2v) is 10.3. The molecule has 0 aliphatic heterocycles. The zero-order chi connectivity index (χ0) is 26.7. The summed E-state index contributed by atoms with van der Waals surface area (Å²) in [6, 6.07) is 20.1. The van der Waals surface area contributed by atoms with E-state index in [1.165, 1.54) is 24.3 Å². The number of carbonyl (C=O) groups is 2. The van der Waals surface area contributed by atoms with E-state index in [9.17, 15) is 23.5 Å². The van der Waals surface area contributed by atoms with Crippen molar-refractivity contribution in [3.63, 3.8) is 0 Å². The lowest BCUT2D eigenvalue weighted by molar-refractivity contribution is -0.117. The number of aliphatic hydroxyl groups excluding tert-OH is 1.